The van der Waals surface area contributed by atoms with Gasteiger partial charge in [0.05, 0.1) is 19.0 Å². The molecule has 0 aliphatic heterocycles. The summed E-state index contributed by atoms with van der Waals surface area (Å²) in [7, 11) is 0. The average Bonchev–Trinajstić information content (AvgIpc) is 2.74. The van der Waals surface area contributed by atoms with Gasteiger partial charge in [-0.1, -0.05) is 50.6 Å². The van der Waals surface area contributed by atoms with Gasteiger partial charge in [-0.2, -0.15) is 0 Å². The number of benzene rings is 1. The van der Waals surface area contributed by atoms with Gasteiger partial charge in [-0.3, -0.25) is 19.2 Å². The van der Waals surface area contributed by atoms with Crippen molar-refractivity contribution in [1.82, 2.24) is 16.0 Å². The number of carbonyl (C=O) groups excluding carboxylic acids is 4. The van der Waals surface area contributed by atoms with Crippen molar-refractivity contribution in [2.45, 2.75) is 51.2 Å². The summed E-state index contributed by atoms with van der Waals surface area (Å²) in [6, 6.07) is 5.43. The van der Waals surface area contributed by atoms with Crippen molar-refractivity contribution >= 4 is 29.6 Å². The molecular weight excluding hydrogens is 418 g/mol. The van der Waals surface area contributed by atoms with Crippen LogP contribution in [-0.2, 0) is 30.4 Å². The predicted molar refractivity (Wildman–Crippen MR) is 116 cm³/mol. The molecule has 0 aromatic heterocycles. The minimum Gasteiger partial charge on any atom is -0.480 e. The summed E-state index contributed by atoms with van der Waals surface area (Å²) in [5.74, 6) is -4.32. The molecule has 0 saturated heterocycles. The third kappa shape index (κ3) is 9.13. The standard InChI is InChI=1S/C21H31N5O6/c1-3-12(2)18(21(31)32)26-17(28)11-24-20(30)15(9-13-7-5-4-6-8-13)25-19(29)14(22)10-16(23)27/h4-8,12,14-15,18H,3,9-11,22H2,1-2H3,(H2,23,27)(H,24,30)(H,25,29)(H,26,28)(H,31,32). The van der Waals surface area contributed by atoms with Gasteiger partial charge < -0.3 is 32.5 Å². The molecule has 0 saturated carbocycles. The minimum atomic E-state index is -1.23. The van der Waals surface area contributed by atoms with E-state index in [1.807, 2.05) is 0 Å². The minimum absolute atomic E-state index is 0.105. The summed E-state index contributed by atoms with van der Waals surface area (Å²) in [4.78, 5) is 59.5. The van der Waals surface area contributed by atoms with E-state index in [4.69, 9.17) is 11.5 Å². The van der Waals surface area contributed by atoms with E-state index in [-0.39, 0.29) is 18.8 Å². The van der Waals surface area contributed by atoms with E-state index >= 15 is 0 Å². The second kappa shape index (κ2) is 13.1. The quantitative estimate of drug-likeness (QED) is 0.214. The molecule has 4 unspecified atom stereocenters. The number of primary amides is 1. The lowest BCUT2D eigenvalue weighted by molar-refractivity contribution is -0.143. The van der Waals surface area contributed by atoms with Crippen LogP contribution in [0, 0.1) is 5.92 Å². The molecule has 1 aromatic rings. The zero-order valence-electron chi connectivity index (χ0n) is 18.2. The van der Waals surface area contributed by atoms with Crippen molar-refractivity contribution in [2.75, 3.05) is 6.54 Å². The number of hydrogen-bond acceptors (Lipinski definition) is 6. The Hall–Kier alpha value is -3.47. The van der Waals surface area contributed by atoms with Crippen LogP contribution in [-0.4, -0.2) is 59.4 Å². The first-order valence-electron chi connectivity index (χ1n) is 10.2. The molecule has 1 aromatic carbocycles. The average molecular weight is 450 g/mol. The molecule has 0 aliphatic carbocycles. The lowest BCUT2D eigenvalue weighted by atomic mass is 9.99. The third-order valence-corrected chi connectivity index (χ3v) is 4.89. The number of carboxylic acid groups (broad SMARTS) is 1. The van der Waals surface area contributed by atoms with E-state index in [0.29, 0.717) is 6.42 Å². The molecule has 32 heavy (non-hydrogen) atoms. The summed E-state index contributed by atoms with van der Waals surface area (Å²) in [6.45, 7) is 3.01. The lowest BCUT2D eigenvalue weighted by Gasteiger charge is -2.22. The number of nitrogens with two attached hydrogens (primary N) is 2. The van der Waals surface area contributed by atoms with Crippen LogP contribution in [0.5, 0.6) is 0 Å². The Bertz CT molecular complexity index is 816. The number of amides is 4. The zero-order valence-corrected chi connectivity index (χ0v) is 18.2. The number of rotatable bonds is 13. The lowest BCUT2D eigenvalue weighted by Crippen LogP contribution is -2.55. The monoisotopic (exact) mass is 449 g/mol. The fraction of sp³-hybridized carbons (Fsp3) is 0.476. The Morgan fingerprint density at radius 3 is 2.19 bits per heavy atom. The second-order valence-corrected chi connectivity index (χ2v) is 7.51. The fourth-order valence-electron chi connectivity index (χ4n) is 2.85. The summed E-state index contributed by atoms with van der Waals surface area (Å²) >= 11 is 0. The highest BCUT2D eigenvalue weighted by molar-refractivity contribution is 5.94. The molecule has 8 N–H and O–H groups in total. The maximum atomic E-state index is 12.7. The highest BCUT2D eigenvalue weighted by atomic mass is 16.4. The maximum Gasteiger partial charge on any atom is 0.326 e. The van der Waals surface area contributed by atoms with E-state index in [2.05, 4.69) is 16.0 Å². The molecule has 1 rings (SSSR count). The topological polar surface area (TPSA) is 194 Å². The third-order valence-electron chi connectivity index (χ3n) is 4.89. The summed E-state index contributed by atoms with van der Waals surface area (Å²) < 4.78 is 0. The van der Waals surface area contributed by atoms with E-state index in [1.54, 1.807) is 44.2 Å². The van der Waals surface area contributed by atoms with Crippen molar-refractivity contribution in [1.29, 1.82) is 0 Å². The van der Waals surface area contributed by atoms with Crippen molar-refractivity contribution < 1.29 is 29.1 Å². The molecule has 4 amide bonds. The van der Waals surface area contributed by atoms with Crippen LogP contribution in [0.3, 0.4) is 0 Å². The smallest absolute Gasteiger partial charge is 0.326 e. The number of hydrogen-bond donors (Lipinski definition) is 6. The first kappa shape index (κ1) is 26.6. The molecule has 0 bridgehead atoms. The Balaban J connectivity index is 2.81. The summed E-state index contributed by atoms with van der Waals surface area (Å²) in [6.07, 6.45) is 0.258. The van der Waals surface area contributed by atoms with Gasteiger partial charge >= 0.3 is 5.97 Å². The highest BCUT2D eigenvalue weighted by Crippen LogP contribution is 2.08. The largest absolute Gasteiger partial charge is 0.480 e. The molecule has 0 radical (unpaired) electrons. The molecule has 11 heteroatoms. The van der Waals surface area contributed by atoms with E-state index < -0.39 is 54.3 Å². The van der Waals surface area contributed by atoms with Crippen molar-refractivity contribution in [3.63, 3.8) is 0 Å². The van der Waals surface area contributed by atoms with E-state index in [9.17, 15) is 29.1 Å². The van der Waals surface area contributed by atoms with Crippen molar-refractivity contribution in [2.24, 2.45) is 17.4 Å². The number of aliphatic carboxylic acids is 1. The van der Waals surface area contributed by atoms with E-state index in [1.165, 1.54) is 0 Å². The molecule has 0 aliphatic rings. The van der Waals surface area contributed by atoms with Crippen LogP contribution in [0.25, 0.3) is 0 Å². The molecular formula is C21H31N5O6. The SMILES string of the molecule is CCC(C)C(NC(=O)CNC(=O)C(Cc1ccccc1)NC(=O)C(N)CC(N)=O)C(=O)O. The molecule has 0 spiro atoms. The van der Waals surface area contributed by atoms with E-state index in [0.717, 1.165) is 5.56 Å². The van der Waals surface area contributed by atoms with Crippen molar-refractivity contribution in [3.05, 3.63) is 35.9 Å². The first-order valence-corrected chi connectivity index (χ1v) is 10.2. The normalized spacial score (nSPS) is 14.3. The van der Waals surface area contributed by atoms with Crippen LogP contribution in [0.2, 0.25) is 0 Å². The molecule has 0 heterocycles. The highest BCUT2D eigenvalue weighted by Gasteiger charge is 2.27. The zero-order chi connectivity index (χ0) is 24.3. The first-order chi connectivity index (χ1) is 15.0. The molecule has 0 fully saturated rings. The van der Waals surface area contributed by atoms with Gasteiger partial charge in [-0.25, -0.2) is 4.79 Å². The Morgan fingerprint density at radius 2 is 1.66 bits per heavy atom. The summed E-state index contributed by atoms with van der Waals surface area (Å²) in [5, 5.41) is 16.5. The van der Waals surface area contributed by atoms with Gasteiger partial charge in [-0.05, 0) is 11.5 Å². The number of carbonyl (C=O) groups is 5. The van der Waals surface area contributed by atoms with Crippen LogP contribution in [0.15, 0.2) is 30.3 Å². The van der Waals surface area contributed by atoms with Crippen LogP contribution < -0.4 is 27.4 Å². The van der Waals surface area contributed by atoms with Gasteiger partial charge in [0.1, 0.15) is 12.1 Å². The Kier molecular flexibility index (Phi) is 10.8. The fourth-order valence-corrected chi connectivity index (χ4v) is 2.85. The van der Waals surface area contributed by atoms with Gasteiger partial charge in [-0.15, -0.1) is 0 Å². The van der Waals surface area contributed by atoms with Crippen LogP contribution >= 0.6 is 0 Å². The maximum absolute atomic E-state index is 12.7. The van der Waals surface area contributed by atoms with Crippen molar-refractivity contribution in [3.8, 4) is 0 Å². The summed E-state index contributed by atoms with van der Waals surface area (Å²) in [5.41, 5.74) is 11.4. The van der Waals surface area contributed by atoms with Crippen LogP contribution in [0.4, 0.5) is 0 Å². The van der Waals surface area contributed by atoms with Gasteiger partial charge in [0.2, 0.25) is 23.6 Å². The molecule has 4 atom stereocenters. The van der Waals surface area contributed by atoms with Gasteiger partial charge in [0, 0.05) is 6.42 Å². The Labute approximate surface area is 186 Å². The van der Waals surface area contributed by atoms with Gasteiger partial charge in [0.25, 0.3) is 0 Å². The van der Waals surface area contributed by atoms with Crippen LogP contribution in [0.1, 0.15) is 32.3 Å². The number of carboxylic acids is 1. The number of nitrogens with one attached hydrogen (secondary N) is 3. The molecule has 176 valence electrons. The Morgan fingerprint density at radius 1 is 1.03 bits per heavy atom. The predicted octanol–water partition coefficient (Wildman–Crippen LogP) is -1.35. The molecule has 11 nitrogen and oxygen atoms in total. The second-order valence-electron chi connectivity index (χ2n) is 7.51. The van der Waals surface area contributed by atoms with Gasteiger partial charge in [0.15, 0.2) is 0 Å².